The second-order valence-corrected chi connectivity index (χ2v) is 9.85. The van der Waals surface area contributed by atoms with E-state index in [0.29, 0.717) is 45.6 Å². The zero-order valence-electron chi connectivity index (χ0n) is 22.6. The van der Waals surface area contributed by atoms with Gasteiger partial charge in [0.05, 0.1) is 36.2 Å². The highest BCUT2D eigenvalue weighted by molar-refractivity contribution is 6.22. The molecule has 8 nitrogen and oxygen atoms in total. The van der Waals surface area contributed by atoms with Crippen molar-refractivity contribution in [2.24, 2.45) is 4.99 Å². The summed E-state index contributed by atoms with van der Waals surface area (Å²) >= 11 is 0. The summed E-state index contributed by atoms with van der Waals surface area (Å²) in [6, 6.07) is 21.7. The second-order valence-electron chi connectivity index (χ2n) is 9.85. The number of aliphatic imine (C=N–C) groups is 1. The zero-order valence-corrected chi connectivity index (χ0v) is 22.6. The number of fused-ring (bicyclic) bond motifs is 1. The number of rotatable bonds is 10. The fourth-order valence-corrected chi connectivity index (χ4v) is 5.00. The molecule has 1 aliphatic rings. The fourth-order valence-electron chi connectivity index (χ4n) is 5.00. The molecule has 0 saturated carbocycles. The first kappa shape index (κ1) is 27.3. The average molecular weight is 540 g/mol. The van der Waals surface area contributed by atoms with Crippen LogP contribution in [0.2, 0.25) is 0 Å². The van der Waals surface area contributed by atoms with Crippen molar-refractivity contribution >= 4 is 34.1 Å². The lowest BCUT2D eigenvalue weighted by Gasteiger charge is -2.25. The average Bonchev–Trinajstić information content (AvgIpc) is 3.33. The highest BCUT2D eigenvalue weighted by Gasteiger charge is 2.20. The SMILES string of the molecule is COC(=O)c1ccc2c(C(=Nc3ccc(C(=O)COCCN4CCCCC4)cc3)c3ccccc3)c(O)[nH]c2c1. The van der Waals surface area contributed by atoms with E-state index in [4.69, 9.17) is 14.5 Å². The zero-order chi connectivity index (χ0) is 27.9. The van der Waals surface area contributed by atoms with Gasteiger partial charge >= 0.3 is 5.97 Å². The first-order valence-electron chi connectivity index (χ1n) is 13.5. The van der Waals surface area contributed by atoms with E-state index in [0.717, 1.165) is 25.2 Å². The number of esters is 1. The van der Waals surface area contributed by atoms with Crippen LogP contribution >= 0.6 is 0 Å². The number of nitrogens with one attached hydrogen (secondary N) is 1. The van der Waals surface area contributed by atoms with Gasteiger partial charge in [-0.25, -0.2) is 9.79 Å². The van der Waals surface area contributed by atoms with Crippen molar-refractivity contribution < 1.29 is 24.2 Å². The molecule has 1 aliphatic heterocycles. The molecule has 0 unspecified atom stereocenters. The Labute approximate surface area is 233 Å². The predicted molar refractivity (Wildman–Crippen MR) is 155 cm³/mol. The Morgan fingerprint density at radius 1 is 0.925 bits per heavy atom. The van der Waals surface area contributed by atoms with Crippen molar-refractivity contribution in [1.82, 2.24) is 9.88 Å². The Morgan fingerprint density at radius 3 is 2.38 bits per heavy atom. The minimum absolute atomic E-state index is 0.0441. The first-order chi connectivity index (χ1) is 19.5. The highest BCUT2D eigenvalue weighted by Crippen LogP contribution is 2.32. The Morgan fingerprint density at radius 2 is 1.65 bits per heavy atom. The molecule has 0 aliphatic carbocycles. The number of piperidine rings is 1. The Hall–Kier alpha value is -4.27. The van der Waals surface area contributed by atoms with Crippen LogP contribution in [0.1, 0.15) is 51.1 Å². The molecule has 1 aromatic heterocycles. The Bertz CT molecular complexity index is 1500. The number of Topliss-reactive ketones (excluding diaryl/α,β-unsaturated/α-hetero) is 1. The molecule has 206 valence electrons. The number of benzene rings is 3. The topological polar surface area (TPSA) is 104 Å². The number of ketones is 1. The maximum atomic E-state index is 12.7. The van der Waals surface area contributed by atoms with Crippen molar-refractivity contribution in [2.75, 3.05) is 40.0 Å². The van der Waals surface area contributed by atoms with E-state index in [1.807, 2.05) is 30.3 Å². The number of aromatic nitrogens is 1. The van der Waals surface area contributed by atoms with E-state index >= 15 is 0 Å². The number of carbonyl (C=O) groups is 2. The summed E-state index contributed by atoms with van der Waals surface area (Å²) < 4.78 is 10.5. The summed E-state index contributed by atoms with van der Waals surface area (Å²) in [6.07, 6.45) is 3.76. The number of likely N-dealkylation sites (tertiary alicyclic amines) is 1. The number of ether oxygens (including phenoxy) is 2. The van der Waals surface area contributed by atoms with Crippen LogP contribution in [0.4, 0.5) is 5.69 Å². The largest absolute Gasteiger partial charge is 0.494 e. The lowest BCUT2D eigenvalue weighted by atomic mass is 10.00. The molecule has 1 saturated heterocycles. The maximum Gasteiger partial charge on any atom is 0.337 e. The molecule has 8 heteroatoms. The van der Waals surface area contributed by atoms with Crippen LogP contribution < -0.4 is 0 Å². The molecule has 4 aromatic rings. The van der Waals surface area contributed by atoms with Gasteiger partial charge in [-0.2, -0.15) is 0 Å². The summed E-state index contributed by atoms with van der Waals surface area (Å²) in [5.74, 6) is -0.599. The molecule has 0 bridgehead atoms. The van der Waals surface area contributed by atoms with E-state index < -0.39 is 5.97 Å². The number of carbonyl (C=O) groups excluding carboxylic acids is 2. The molecule has 2 heterocycles. The molecule has 0 atom stereocenters. The van der Waals surface area contributed by atoms with Crippen LogP contribution in [-0.2, 0) is 9.47 Å². The number of H-pyrrole nitrogens is 1. The summed E-state index contributed by atoms with van der Waals surface area (Å²) in [7, 11) is 1.33. The van der Waals surface area contributed by atoms with Gasteiger partial charge in [0.2, 0.25) is 0 Å². The normalized spacial score (nSPS) is 14.4. The van der Waals surface area contributed by atoms with Crippen molar-refractivity contribution in [2.45, 2.75) is 19.3 Å². The van der Waals surface area contributed by atoms with Gasteiger partial charge in [0, 0.05) is 28.6 Å². The molecule has 3 aromatic carbocycles. The fraction of sp³-hybridized carbons (Fsp3) is 0.281. The van der Waals surface area contributed by atoms with Crippen molar-refractivity contribution in [3.63, 3.8) is 0 Å². The third-order valence-corrected chi connectivity index (χ3v) is 7.15. The number of methoxy groups -OCH3 is 1. The third-order valence-electron chi connectivity index (χ3n) is 7.15. The van der Waals surface area contributed by atoms with E-state index in [-0.39, 0.29) is 18.3 Å². The van der Waals surface area contributed by atoms with Gasteiger partial charge in [-0.05, 0) is 62.3 Å². The number of hydrogen-bond acceptors (Lipinski definition) is 7. The smallest absolute Gasteiger partial charge is 0.337 e. The number of nitrogens with zero attached hydrogens (tertiary/aromatic N) is 2. The Kier molecular flexibility index (Phi) is 8.68. The molecular weight excluding hydrogens is 506 g/mol. The Balaban J connectivity index is 1.36. The van der Waals surface area contributed by atoms with Crippen molar-refractivity contribution in [3.05, 3.63) is 95.1 Å². The summed E-state index contributed by atoms with van der Waals surface area (Å²) in [5, 5.41) is 11.6. The van der Waals surface area contributed by atoms with E-state index in [2.05, 4.69) is 9.88 Å². The third kappa shape index (κ3) is 6.30. The van der Waals surface area contributed by atoms with Gasteiger partial charge in [-0.3, -0.25) is 4.79 Å². The standard InChI is InChI=1S/C32H33N3O5/c1-39-32(38)24-12-15-26-27(20-24)34-31(37)29(26)30(23-8-4-2-5-9-23)33-25-13-10-22(11-14-25)28(36)21-40-19-18-35-16-6-3-7-17-35/h2,4-5,8-15,20,34,37H,3,6-7,16-19,21H2,1H3. The molecule has 0 spiro atoms. The van der Waals surface area contributed by atoms with Crippen molar-refractivity contribution in [3.8, 4) is 5.88 Å². The number of aromatic amines is 1. The molecular formula is C32H33N3O5. The van der Waals surface area contributed by atoms with Crippen LogP contribution in [-0.4, -0.2) is 72.4 Å². The molecule has 5 rings (SSSR count). The van der Waals surface area contributed by atoms with E-state index in [1.165, 1.54) is 26.4 Å². The summed E-state index contributed by atoms with van der Waals surface area (Å²) in [5.41, 5.74) is 4.01. The van der Waals surface area contributed by atoms with Crippen LogP contribution in [0, 0.1) is 0 Å². The number of aromatic hydroxyl groups is 1. The summed E-state index contributed by atoms with van der Waals surface area (Å²) in [6.45, 7) is 3.66. The van der Waals surface area contributed by atoms with E-state index in [9.17, 15) is 14.7 Å². The molecule has 0 amide bonds. The molecule has 0 radical (unpaired) electrons. The van der Waals surface area contributed by atoms with Gasteiger partial charge < -0.3 is 24.5 Å². The maximum absolute atomic E-state index is 12.7. The predicted octanol–water partition coefficient (Wildman–Crippen LogP) is 5.51. The van der Waals surface area contributed by atoms with E-state index in [1.54, 1.807) is 42.5 Å². The van der Waals surface area contributed by atoms with Crippen LogP contribution in [0.5, 0.6) is 5.88 Å². The van der Waals surface area contributed by atoms with Gasteiger partial charge in [-0.15, -0.1) is 0 Å². The van der Waals surface area contributed by atoms with Gasteiger partial charge in [0.1, 0.15) is 6.61 Å². The van der Waals surface area contributed by atoms with Gasteiger partial charge in [0.25, 0.3) is 0 Å². The van der Waals surface area contributed by atoms with Crippen LogP contribution in [0.3, 0.4) is 0 Å². The van der Waals surface area contributed by atoms with Gasteiger partial charge in [0.15, 0.2) is 11.7 Å². The van der Waals surface area contributed by atoms with Crippen LogP contribution in [0.25, 0.3) is 10.9 Å². The van der Waals surface area contributed by atoms with Gasteiger partial charge in [-0.1, -0.05) is 42.8 Å². The first-order valence-corrected chi connectivity index (χ1v) is 13.5. The highest BCUT2D eigenvalue weighted by atomic mass is 16.5. The molecule has 1 fully saturated rings. The monoisotopic (exact) mass is 539 g/mol. The minimum Gasteiger partial charge on any atom is -0.494 e. The lowest BCUT2D eigenvalue weighted by Crippen LogP contribution is -2.33. The van der Waals surface area contributed by atoms with Crippen molar-refractivity contribution in [1.29, 1.82) is 0 Å². The summed E-state index contributed by atoms with van der Waals surface area (Å²) in [4.78, 5) is 34.9. The van der Waals surface area contributed by atoms with Crippen LogP contribution in [0.15, 0.2) is 77.8 Å². The quantitative estimate of drug-likeness (QED) is 0.119. The lowest BCUT2D eigenvalue weighted by molar-refractivity contribution is 0.0600. The molecule has 40 heavy (non-hydrogen) atoms. The molecule has 2 N–H and O–H groups in total. The minimum atomic E-state index is -0.462. The second kappa shape index (κ2) is 12.7. The number of hydrogen-bond donors (Lipinski definition) is 2.